The van der Waals surface area contributed by atoms with Gasteiger partial charge in [-0.15, -0.1) is 0 Å². The number of ether oxygens (including phenoxy) is 2. The Hall–Kier alpha value is -1.44. The van der Waals surface area contributed by atoms with Crippen molar-refractivity contribution in [1.82, 2.24) is 10.2 Å². The first-order valence-electron chi connectivity index (χ1n) is 9.23. The minimum Gasteiger partial charge on any atom is -0.464 e. The van der Waals surface area contributed by atoms with Crippen LogP contribution in [0.4, 0.5) is 4.79 Å². The molecule has 2 amide bonds. The Morgan fingerprint density at radius 2 is 1.92 bits per heavy atom. The summed E-state index contributed by atoms with van der Waals surface area (Å²) < 4.78 is 9.88. The van der Waals surface area contributed by atoms with E-state index in [1.807, 2.05) is 25.6 Å². The lowest BCUT2D eigenvalue weighted by atomic mass is 9.80. The van der Waals surface area contributed by atoms with Gasteiger partial charge in [-0.1, -0.05) is 13.8 Å². The van der Waals surface area contributed by atoms with Gasteiger partial charge in [-0.25, -0.2) is 9.59 Å². The second-order valence-electron chi connectivity index (χ2n) is 7.41. The molecule has 0 aromatic rings. The molecule has 2 atom stereocenters. The average molecular weight is 387 g/mol. The van der Waals surface area contributed by atoms with Gasteiger partial charge in [0.05, 0.1) is 13.7 Å². The number of likely N-dealkylation sites (tertiary alicyclic amines) is 1. The van der Waals surface area contributed by atoms with Crippen molar-refractivity contribution in [2.45, 2.75) is 52.1 Å². The number of esters is 1. The van der Waals surface area contributed by atoms with Gasteiger partial charge in [-0.05, 0) is 49.0 Å². The Morgan fingerprint density at radius 3 is 2.46 bits per heavy atom. The fourth-order valence-corrected chi connectivity index (χ4v) is 5.14. The smallest absolute Gasteiger partial charge is 0.407 e. The molecule has 148 valence electrons. The lowest BCUT2D eigenvalue weighted by Gasteiger charge is -2.33. The molecule has 7 nitrogen and oxygen atoms in total. The van der Waals surface area contributed by atoms with Gasteiger partial charge in [0.1, 0.15) is 12.1 Å². The lowest BCUT2D eigenvalue weighted by Crippen LogP contribution is -2.54. The number of methoxy groups -OCH3 is 1. The van der Waals surface area contributed by atoms with Crippen LogP contribution in [0.15, 0.2) is 0 Å². The molecule has 0 aromatic heterocycles. The number of hydrogen-bond donors (Lipinski definition) is 1. The number of thioether (sulfide) groups is 1. The Balaban J connectivity index is 2.24. The average Bonchev–Trinajstić information content (AvgIpc) is 2.98. The Morgan fingerprint density at radius 1 is 1.27 bits per heavy atom. The first-order chi connectivity index (χ1) is 12.3. The van der Waals surface area contributed by atoms with Crippen molar-refractivity contribution in [2.24, 2.45) is 11.3 Å². The van der Waals surface area contributed by atoms with E-state index in [1.54, 1.807) is 11.8 Å². The zero-order valence-electron chi connectivity index (χ0n) is 16.1. The first kappa shape index (κ1) is 20.9. The summed E-state index contributed by atoms with van der Waals surface area (Å²) in [6.07, 6.45) is 1.98. The van der Waals surface area contributed by atoms with Gasteiger partial charge in [0.25, 0.3) is 0 Å². The van der Waals surface area contributed by atoms with Crippen molar-refractivity contribution in [3.63, 3.8) is 0 Å². The predicted octanol–water partition coefficient (Wildman–Crippen LogP) is 2.04. The lowest BCUT2D eigenvalue weighted by molar-refractivity contribution is -0.153. The van der Waals surface area contributed by atoms with Gasteiger partial charge in [0.15, 0.2) is 0 Å². The highest BCUT2D eigenvalue weighted by molar-refractivity contribution is 7.99. The molecule has 0 aromatic carbocycles. The van der Waals surface area contributed by atoms with Gasteiger partial charge >= 0.3 is 12.1 Å². The zero-order chi connectivity index (χ0) is 19.3. The summed E-state index contributed by atoms with van der Waals surface area (Å²) in [5.74, 6) is 1.38. The number of nitrogens with one attached hydrogen (secondary N) is 1. The van der Waals surface area contributed by atoms with Crippen LogP contribution in [-0.2, 0) is 19.1 Å². The van der Waals surface area contributed by atoms with Crippen molar-refractivity contribution < 1.29 is 23.9 Å². The number of hydrogen-bond acceptors (Lipinski definition) is 6. The largest absolute Gasteiger partial charge is 0.464 e. The van der Waals surface area contributed by atoms with Crippen LogP contribution in [0.3, 0.4) is 0 Å². The summed E-state index contributed by atoms with van der Waals surface area (Å²) in [7, 11) is 1.27. The van der Waals surface area contributed by atoms with Crippen LogP contribution in [0.1, 0.15) is 40.0 Å². The summed E-state index contributed by atoms with van der Waals surface area (Å²) in [4.78, 5) is 39.0. The maximum absolute atomic E-state index is 13.2. The second-order valence-corrected chi connectivity index (χ2v) is 8.63. The minimum absolute atomic E-state index is 0.0227. The molecule has 26 heavy (non-hydrogen) atoms. The van der Waals surface area contributed by atoms with Crippen molar-refractivity contribution in [3.05, 3.63) is 0 Å². The molecule has 8 heteroatoms. The van der Waals surface area contributed by atoms with Gasteiger partial charge in [0, 0.05) is 6.54 Å². The highest BCUT2D eigenvalue weighted by atomic mass is 32.2. The third-order valence-electron chi connectivity index (χ3n) is 5.30. The second kappa shape index (κ2) is 8.97. The molecule has 2 aliphatic rings. The topological polar surface area (TPSA) is 84.9 Å². The standard InChI is InChI=1S/C18H30N2O5S/c1-5-25-16(22)13-10-18(6-8-26-9-7-18)11-20(13)15(21)14(12(2)3)19-17(23)24-4/h12-14H,5-11H2,1-4H3,(H,19,23)/t13?,14-/m0/s1. The van der Waals surface area contributed by atoms with Gasteiger partial charge < -0.3 is 19.7 Å². The van der Waals surface area contributed by atoms with Crippen molar-refractivity contribution in [3.8, 4) is 0 Å². The minimum atomic E-state index is -0.729. The molecule has 2 saturated heterocycles. The maximum atomic E-state index is 13.2. The number of carbonyl (C=O) groups is 3. The molecule has 2 heterocycles. The van der Waals surface area contributed by atoms with E-state index in [4.69, 9.17) is 4.74 Å². The first-order valence-corrected chi connectivity index (χ1v) is 10.4. The maximum Gasteiger partial charge on any atom is 0.407 e. The summed E-state index contributed by atoms with van der Waals surface area (Å²) in [5.41, 5.74) is -0.0227. The highest BCUT2D eigenvalue weighted by Crippen LogP contribution is 2.45. The van der Waals surface area contributed by atoms with E-state index in [9.17, 15) is 14.4 Å². The van der Waals surface area contributed by atoms with E-state index >= 15 is 0 Å². The van der Waals surface area contributed by atoms with Gasteiger partial charge in [-0.2, -0.15) is 11.8 Å². The number of carbonyl (C=O) groups excluding carboxylic acids is 3. The van der Waals surface area contributed by atoms with E-state index < -0.39 is 18.2 Å². The molecular formula is C18H30N2O5S. The monoisotopic (exact) mass is 386 g/mol. The zero-order valence-corrected chi connectivity index (χ0v) is 16.9. The molecule has 1 unspecified atom stereocenters. The number of alkyl carbamates (subject to hydrolysis) is 1. The van der Waals surface area contributed by atoms with Crippen LogP contribution in [0, 0.1) is 11.3 Å². The van der Waals surface area contributed by atoms with Crippen LogP contribution in [0.25, 0.3) is 0 Å². The summed E-state index contributed by atoms with van der Waals surface area (Å²) in [6.45, 7) is 6.32. The normalized spacial score (nSPS) is 23.0. The van der Waals surface area contributed by atoms with Crippen LogP contribution in [0.2, 0.25) is 0 Å². The predicted molar refractivity (Wildman–Crippen MR) is 99.9 cm³/mol. The van der Waals surface area contributed by atoms with E-state index in [2.05, 4.69) is 10.1 Å². The SMILES string of the molecule is CCOC(=O)C1CC2(CCSCC2)CN1C(=O)[C@@H](NC(=O)OC)C(C)C. The molecular weight excluding hydrogens is 356 g/mol. The molecule has 0 radical (unpaired) electrons. The fourth-order valence-electron chi connectivity index (χ4n) is 3.78. The third kappa shape index (κ3) is 4.64. The summed E-state index contributed by atoms with van der Waals surface area (Å²) in [5, 5.41) is 2.62. The van der Waals surface area contributed by atoms with Crippen LogP contribution >= 0.6 is 11.8 Å². The molecule has 1 N–H and O–H groups in total. The van der Waals surface area contributed by atoms with Crippen molar-refractivity contribution >= 4 is 29.7 Å². The van der Waals surface area contributed by atoms with E-state index in [0.29, 0.717) is 13.0 Å². The Kier molecular flexibility index (Phi) is 7.20. The van der Waals surface area contributed by atoms with E-state index in [1.165, 1.54) is 7.11 Å². The summed E-state index contributed by atoms with van der Waals surface area (Å²) in [6, 6.07) is -1.31. The quantitative estimate of drug-likeness (QED) is 0.728. The Labute approximate surface area is 159 Å². The number of nitrogens with zero attached hydrogens (tertiary/aromatic N) is 1. The summed E-state index contributed by atoms with van der Waals surface area (Å²) >= 11 is 1.91. The van der Waals surface area contributed by atoms with Gasteiger partial charge in [0.2, 0.25) is 5.91 Å². The molecule has 1 spiro atoms. The highest BCUT2D eigenvalue weighted by Gasteiger charge is 2.50. The molecule has 2 aliphatic heterocycles. The van der Waals surface area contributed by atoms with Crippen molar-refractivity contribution in [2.75, 3.05) is 31.8 Å². The molecule has 0 saturated carbocycles. The molecule has 0 bridgehead atoms. The van der Waals surface area contributed by atoms with Crippen LogP contribution < -0.4 is 5.32 Å². The third-order valence-corrected chi connectivity index (χ3v) is 6.28. The van der Waals surface area contributed by atoms with Crippen LogP contribution in [0.5, 0.6) is 0 Å². The Bertz CT molecular complexity index is 534. The molecule has 2 rings (SSSR count). The molecule has 2 fully saturated rings. The van der Waals surface area contributed by atoms with Crippen molar-refractivity contribution in [1.29, 1.82) is 0 Å². The number of amides is 2. The van der Waals surface area contributed by atoms with Gasteiger partial charge in [-0.3, -0.25) is 4.79 Å². The number of rotatable bonds is 5. The van der Waals surface area contributed by atoms with E-state index in [-0.39, 0.29) is 29.8 Å². The fraction of sp³-hybridized carbons (Fsp3) is 0.833. The van der Waals surface area contributed by atoms with Crippen LogP contribution in [-0.4, -0.2) is 66.7 Å². The van der Waals surface area contributed by atoms with E-state index in [0.717, 1.165) is 24.3 Å². The molecule has 0 aliphatic carbocycles.